The second kappa shape index (κ2) is 8.28. The van der Waals surface area contributed by atoms with E-state index < -0.39 is 0 Å². The molecule has 0 aromatic heterocycles. The Balaban J connectivity index is 1.70. The highest BCUT2D eigenvalue weighted by molar-refractivity contribution is 9.10. The SMILES string of the molecule is Oc1ccc(NCc2cc(Br)ccc2OCc2cccc(Cl)c2)cc1. The maximum absolute atomic E-state index is 9.36. The summed E-state index contributed by atoms with van der Waals surface area (Å²) >= 11 is 9.52. The fourth-order valence-electron chi connectivity index (χ4n) is 2.39. The summed E-state index contributed by atoms with van der Waals surface area (Å²) in [5.41, 5.74) is 2.98. The molecule has 0 radical (unpaired) electrons. The van der Waals surface area contributed by atoms with Gasteiger partial charge in [0.2, 0.25) is 0 Å². The number of phenolic OH excluding ortho intramolecular Hbond substituents is 1. The van der Waals surface area contributed by atoms with Gasteiger partial charge in [-0.25, -0.2) is 0 Å². The predicted molar refractivity (Wildman–Crippen MR) is 105 cm³/mol. The zero-order chi connectivity index (χ0) is 17.6. The van der Waals surface area contributed by atoms with E-state index in [2.05, 4.69) is 21.2 Å². The van der Waals surface area contributed by atoms with Crippen molar-refractivity contribution in [2.75, 3.05) is 5.32 Å². The summed E-state index contributed by atoms with van der Waals surface area (Å²) in [4.78, 5) is 0. The number of anilines is 1. The van der Waals surface area contributed by atoms with Crippen molar-refractivity contribution in [3.63, 3.8) is 0 Å². The summed E-state index contributed by atoms with van der Waals surface area (Å²) in [6.07, 6.45) is 0. The minimum Gasteiger partial charge on any atom is -0.508 e. The molecule has 25 heavy (non-hydrogen) atoms. The lowest BCUT2D eigenvalue weighted by Gasteiger charge is -2.14. The number of rotatable bonds is 6. The van der Waals surface area contributed by atoms with Gasteiger partial charge in [-0.05, 0) is 60.2 Å². The summed E-state index contributed by atoms with van der Waals surface area (Å²) in [5, 5.41) is 13.4. The normalized spacial score (nSPS) is 10.5. The van der Waals surface area contributed by atoms with Gasteiger partial charge in [-0.3, -0.25) is 0 Å². The average molecular weight is 419 g/mol. The number of benzene rings is 3. The lowest BCUT2D eigenvalue weighted by molar-refractivity contribution is 0.303. The number of nitrogens with one attached hydrogen (secondary N) is 1. The van der Waals surface area contributed by atoms with Crippen LogP contribution >= 0.6 is 27.5 Å². The van der Waals surface area contributed by atoms with Gasteiger partial charge in [0.1, 0.15) is 18.1 Å². The first kappa shape index (κ1) is 17.6. The first-order valence-electron chi connectivity index (χ1n) is 7.79. The van der Waals surface area contributed by atoms with Crippen LogP contribution in [0.5, 0.6) is 11.5 Å². The van der Waals surface area contributed by atoms with Gasteiger partial charge in [0.25, 0.3) is 0 Å². The topological polar surface area (TPSA) is 41.5 Å². The minimum atomic E-state index is 0.249. The van der Waals surface area contributed by atoms with Crippen molar-refractivity contribution >= 4 is 33.2 Å². The van der Waals surface area contributed by atoms with Crippen molar-refractivity contribution in [3.05, 3.63) is 87.4 Å². The van der Waals surface area contributed by atoms with E-state index in [-0.39, 0.29) is 5.75 Å². The maximum atomic E-state index is 9.36. The molecule has 0 aliphatic carbocycles. The van der Waals surface area contributed by atoms with E-state index in [1.807, 2.05) is 54.6 Å². The van der Waals surface area contributed by atoms with E-state index in [0.29, 0.717) is 18.2 Å². The molecule has 0 heterocycles. The highest BCUT2D eigenvalue weighted by Gasteiger charge is 2.06. The van der Waals surface area contributed by atoms with Gasteiger partial charge in [-0.1, -0.05) is 39.7 Å². The lowest BCUT2D eigenvalue weighted by Crippen LogP contribution is -2.04. The van der Waals surface area contributed by atoms with Crippen LogP contribution < -0.4 is 10.1 Å². The van der Waals surface area contributed by atoms with Crippen LogP contribution in [-0.4, -0.2) is 5.11 Å². The van der Waals surface area contributed by atoms with E-state index in [1.165, 1.54) is 0 Å². The Hall–Kier alpha value is -2.17. The summed E-state index contributed by atoms with van der Waals surface area (Å²) in [6.45, 7) is 1.06. The van der Waals surface area contributed by atoms with Crippen molar-refractivity contribution < 1.29 is 9.84 Å². The Morgan fingerprint density at radius 2 is 1.80 bits per heavy atom. The predicted octanol–water partition coefficient (Wildman–Crippen LogP) is 6.00. The number of phenols is 1. The molecule has 0 aliphatic heterocycles. The molecule has 0 aliphatic rings. The molecule has 0 amide bonds. The molecule has 0 atom stereocenters. The van der Waals surface area contributed by atoms with Crippen LogP contribution in [0, 0.1) is 0 Å². The monoisotopic (exact) mass is 417 g/mol. The smallest absolute Gasteiger partial charge is 0.124 e. The Morgan fingerprint density at radius 3 is 2.56 bits per heavy atom. The molecule has 3 aromatic carbocycles. The molecule has 128 valence electrons. The molecule has 0 fully saturated rings. The quantitative estimate of drug-likeness (QED) is 0.482. The van der Waals surface area contributed by atoms with Gasteiger partial charge in [0.05, 0.1) is 0 Å². The van der Waals surface area contributed by atoms with Gasteiger partial charge in [-0.2, -0.15) is 0 Å². The number of aromatic hydroxyl groups is 1. The first-order chi connectivity index (χ1) is 12.1. The second-order valence-electron chi connectivity index (χ2n) is 5.57. The van der Waals surface area contributed by atoms with Crippen LogP contribution in [0.15, 0.2) is 71.2 Å². The van der Waals surface area contributed by atoms with Gasteiger partial charge in [0, 0.05) is 27.3 Å². The third-order valence-corrected chi connectivity index (χ3v) is 4.38. The average Bonchev–Trinajstić information content (AvgIpc) is 2.60. The van der Waals surface area contributed by atoms with Gasteiger partial charge in [0.15, 0.2) is 0 Å². The van der Waals surface area contributed by atoms with E-state index in [1.54, 1.807) is 12.1 Å². The molecule has 0 spiro atoms. The second-order valence-corrected chi connectivity index (χ2v) is 6.92. The van der Waals surface area contributed by atoms with E-state index >= 15 is 0 Å². The Morgan fingerprint density at radius 1 is 1.00 bits per heavy atom. The number of ether oxygens (including phenoxy) is 1. The van der Waals surface area contributed by atoms with Crippen molar-refractivity contribution in [3.8, 4) is 11.5 Å². The van der Waals surface area contributed by atoms with Crippen LogP contribution in [-0.2, 0) is 13.2 Å². The van der Waals surface area contributed by atoms with Gasteiger partial charge in [-0.15, -0.1) is 0 Å². The summed E-state index contributed by atoms with van der Waals surface area (Å²) in [6, 6.07) is 20.5. The van der Waals surface area contributed by atoms with Crippen LogP contribution in [0.3, 0.4) is 0 Å². The van der Waals surface area contributed by atoms with E-state index in [9.17, 15) is 5.11 Å². The molecule has 2 N–H and O–H groups in total. The third-order valence-electron chi connectivity index (χ3n) is 3.66. The molecule has 0 unspecified atom stereocenters. The van der Waals surface area contributed by atoms with Crippen LogP contribution in [0.2, 0.25) is 5.02 Å². The molecule has 0 bridgehead atoms. The van der Waals surface area contributed by atoms with Crippen LogP contribution in [0.25, 0.3) is 0 Å². The van der Waals surface area contributed by atoms with Crippen molar-refractivity contribution in [2.45, 2.75) is 13.2 Å². The zero-order valence-corrected chi connectivity index (χ0v) is 15.7. The summed E-state index contributed by atoms with van der Waals surface area (Å²) < 4.78 is 6.97. The third kappa shape index (κ3) is 5.15. The molecule has 0 saturated heterocycles. The van der Waals surface area contributed by atoms with E-state index in [4.69, 9.17) is 16.3 Å². The molecule has 0 saturated carbocycles. The standard InChI is InChI=1S/C20H17BrClNO2/c21-16-4-9-20(25-13-14-2-1-3-17(22)10-14)15(11-16)12-23-18-5-7-19(24)8-6-18/h1-11,23-24H,12-13H2. The molecule has 3 nitrogen and oxygen atoms in total. The molecular formula is C20H17BrClNO2. The molecule has 3 aromatic rings. The van der Waals surface area contributed by atoms with Crippen LogP contribution in [0.4, 0.5) is 5.69 Å². The highest BCUT2D eigenvalue weighted by atomic mass is 79.9. The Labute approximate surface area is 160 Å². The minimum absolute atomic E-state index is 0.249. The fourth-order valence-corrected chi connectivity index (χ4v) is 3.01. The van der Waals surface area contributed by atoms with Crippen molar-refractivity contribution in [1.82, 2.24) is 0 Å². The molecule has 5 heteroatoms. The Bertz CT molecular complexity index is 853. The number of halogens is 2. The van der Waals surface area contributed by atoms with Crippen LogP contribution in [0.1, 0.15) is 11.1 Å². The highest BCUT2D eigenvalue weighted by Crippen LogP contribution is 2.26. The van der Waals surface area contributed by atoms with E-state index in [0.717, 1.165) is 27.0 Å². The van der Waals surface area contributed by atoms with Crippen molar-refractivity contribution in [2.24, 2.45) is 0 Å². The molecule has 3 rings (SSSR count). The summed E-state index contributed by atoms with van der Waals surface area (Å²) in [7, 11) is 0. The fraction of sp³-hybridized carbons (Fsp3) is 0.100. The molecular weight excluding hydrogens is 402 g/mol. The van der Waals surface area contributed by atoms with Gasteiger partial charge >= 0.3 is 0 Å². The number of hydrogen-bond acceptors (Lipinski definition) is 3. The Kier molecular flexibility index (Phi) is 5.84. The number of hydrogen-bond donors (Lipinski definition) is 2. The lowest BCUT2D eigenvalue weighted by atomic mass is 10.2. The zero-order valence-electron chi connectivity index (χ0n) is 13.4. The van der Waals surface area contributed by atoms with Gasteiger partial charge < -0.3 is 15.2 Å². The first-order valence-corrected chi connectivity index (χ1v) is 8.96. The maximum Gasteiger partial charge on any atom is 0.124 e. The summed E-state index contributed by atoms with van der Waals surface area (Å²) in [5.74, 6) is 1.06. The largest absolute Gasteiger partial charge is 0.508 e. The van der Waals surface area contributed by atoms with Crippen molar-refractivity contribution in [1.29, 1.82) is 0 Å².